The molecule has 0 radical (unpaired) electrons. The van der Waals surface area contributed by atoms with Gasteiger partial charge in [-0.05, 0) is 44.4 Å². The molecular weight excluding hydrogens is 688 g/mol. The van der Waals surface area contributed by atoms with Gasteiger partial charge in [0.25, 0.3) is 11.4 Å². The summed E-state index contributed by atoms with van der Waals surface area (Å²) < 4.78 is 53.3. The quantitative estimate of drug-likeness (QED) is 0.0735. The van der Waals surface area contributed by atoms with E-state index in [2.05, 4.69) is 30.4 Å². The number of carbonyl (C=O) groups is 2. The molecule has 0 saturated carbocycles. The van der Waals surface area contributed by atoms with Crippen LogP contribution in [0.3, 0.4) is 0 Å². The second kappa shape index (κ2) is 23.2. The number of hydrogen-bond donors (Lipinski definition) is 5. The maximum Gasteiger partial charge on any atom is 0.342 e. The van der Waals surface area contributed by atoms with E-state index in [9.17, 15) is 24.1 Å². The van der Waals surface area contributed by atoms with Gasteiger partial charge in [-0.15, -0.1) is 6.42 Å². The number of fused-ring (bicyclic) bond motifs is 1. The first-order chi connectivity index (χ1) is 24.1. The number of alkyl halides is 1. The monoisotopic (exact) mass is 747 g/mol. The molecule has 0 aliphatic carbocycles. The number of hydrogen-bond acceptors (Lipinski definition) is 12. The number of terminal acetylenes is 1. The SMILES string of the molecule is C#CC(F)(C(O)C(COP(=O)(NC(CC(C)C)C(=O)OCC)NC(CC(C)C)C(=O)OCC)OC)n1cnc2c(=O)[nH]c(NC)nc21.CC.CC. The Morgan fingerprint density at radius 2 is 1.55 bits per heavy atom. The maximum atomic E-state index is 16.6. The summed E-state index contributed by atoms with van der Waals surface area (Å²) in [5.41, 5.74) is -1.21. The minimum absolute atomic E-state index is 0.0158. The molecule has 16 nitrogen and oxygen atoms in total. The summed E-state index contributed by atoms with van der Waals surface area (Å²) in [5.74, 6) is -2.79. The molecule has 0 bridgehead atoms. The van der Waals surface area contributed by atoms with Crippen LogP contribution in [0.1, 0.15) is 82.1 Å². The van der Waals surface area contributed by atoms with Gasteiger partial charge >= 0.3 is 19.6 Å². The number of ether oxygens (including phenoxy) is 3. The van der Waals surface area contributed by atoms with Crippen molar-refractivity contribution in [1.29, 1.82) is 0 Å². The van der Waals surface area contributed by atoms with Crippen molar-refractivity contribution in [2.75, 3.05) is 39.3 Å². The number of H-pyrrole nitrogens is 1. The Morgan fingerprint density at radius 1 is 1.06 bits per heavy atom. The largest absolute Gasteiger partial charge is 0.465 e. The molecule has 292 valence electrons. The molecule has 5 N–H and O–H groups in total. The van der Waals surface area contributed by atoms with Crippen LogP contribution in [0.4, 0.5) is 10.3 Å². The first-order valence-corrected chi connectivity index (χ1v) is 18.9. The number of esters is 2. The number of aromatic nitrogens is 4. The van der Waals surface area contributed by atoms with E-state index in [4.69, 9.17) is 25.2 Å². The number of aromatic amines is 1. The topological polar surface area (TPSA) is 208 Å². The summed E-state index contributed by atoms with van der Waals surface area (Å²) in [6.07, 6.45) is 3.03. The van der Waals surface area contributed by atoms with E-state index in [1.54, 1.807) is 13.8 Å². The molecule has 2 aromatic heterocycles. The Morgan fingerprint density at radius 3 is 1.94 bits per heavy atom. The van der Waals surface area contributed by atoms with Gasteiger partial charge in [0.1, 0.15) is 30.6 Å². The predicted molar refractivity (Wildman–Crippen MR) is 195 cm³/mol. The van der Waals surface area contributed by atoms with Crippen molar-refractivity contribution < 1.29 is 42.4 Å². The van der Waals surface area contributed by atoms with E-state index in [0.29, 0.717) is 4.57 Å². The fourth-order valence-corrected chi connectivity index (χ4v) is 6.45. The van der Waals surface area contributed by atoms with Crippen LogP contribution in [-0.2, 0) is 38.7 Å². The van der Waals surface area contributed by atoms with Gasteiger partial charge in [-0.3, -0.25) is 28.5 Å². The molecule has 0 aromatic carbocycles. The van der Waals surface area contributed by atoms with Crippen LogP contribution in [0, 0.1) is 24.2 Å². The molecule has 2 aromatic rings. The number of methoxy groups -OCH3 is 1. The fourth-order valence-electron chi connectivity index (χ4n) is 4.63. The summed E-state index contributed by atoms with van der Waals surface area (Å²) in [4.78, 5) is 48.6. The van der Waals surface area contributed by atoms with Crippen molar-refractivity contribution in [2.45, 2.75) is 112 Å². The molecule has 0 fully saturated rings. The summed E-state index contributed by atoms with van der Waals surface area (Å²) in [5, 5.41) is 19.3. The molecule has 5 unspecified atom stereocenters. The van der Waals surface area contributed by atoms with Crippen LogP contribution in [0.2, 0.25) is 0 Å². The van der Waals surface area contributed by atoms with Crippen molar-refractivity contribution in [3.05, 3.63) is 16.7 Å². The normalized spacial score (nSPS) is 15.8. The Labute approximate surface area is 300 Å². The lowest BCUT2D eigenvalue weighted by Crippen LogP contribution is -2.50. The van der Waals surface area contributed by atoms with Crippen molar-refractivity contribution in [2.24, 2.45) is 11.8 Å². The lowest BCUT2D eigenvalue weighted by atomic mass is 10.0. The highest BCUT2D eigenvalue weighted by molar-refractivity contribution is 7.54. The van der Waals surface area contributed by atoms with Crippen molar-refractivity contribution >= 4 is 36.7 Å². The van der Waals surface area contributed by atoms with E-state index in [-0.39, 0.29) is 55.0 Å². The summed E-state index contributed by atoms with van der Waals surface area (Å²) in [6.45, 7) is 17.9. The molecule has 2 rings (SSSR count). The number of imidazole rings is 1. The van der Waals surface area contributed by atoms with Crippen LogP contribution < -0.4 is 21.1 Å². The van der Waals surface area contributed by atoms with Gasteiger partial charge in [-0.1, -0.05) is 55.4 Å². The Balaban J connectivity index is 0.00000602. The number of halogens is 1. The first kappa shape index (κ1) is 47.6. The summed E-state index contributed by atoms with van der Waals surface area (Å²) in [6, 6.07) is -2.29. The summed E-state index contributed by atoms with van der Waals surface area (Å²) >= 11 is 0. The highest BCUT2D eigenvalue weighted by Crippen LogP contribution is 2.42. The number of nitrogens with zero attached hydrogens (tertiary/aromatic N) is 3. The minimum atomic E-state index is -4.44. The smallest absolute Gasteiger partial charge is 0.342 e. The van der Waals surface area contributed by atoms with Crippen molar-refractivity contribution in [1.82, 2.24) is 29.7 Å². The number of nitrogens with one attached hydrogen (secondary N) is 4. The average molecular weight is 748 g/mol. The summed E-state index contributed by atoms with van der Waals surface area (Å²) in [7, 11) is -1.83. The van der Waals surface area contributed by atoms with Crippen LogP contribution >= 0.6 is 7.67 Å². The predicted octanol–water partition coefficient (Wildman–Crippen LogP) is 4.10. The molecule has 0 aliphatic rings. The second-order valence-corrected chi connectivity index (χ2v) is 13.3. The first-order valence-electron chi connectivity index (χ1n) is 17.3. The minimum Gasteiger partial charge on any atom is -0.465 e. The van der Waals surface area contributed by atoms with E-state index < -0.39 is 61.9 Å². The zero-order valence-electron chi connectivity index (χ0n) is 32.0. The molecule has 18 heteroatoms. The van der Waals surface area contributed by atoms with Gasteiger partial charge < -0.3 is 29.2 Å². The molecule has 0 aliphatic heterocycles. The van der Waals surface area contributed by atoms with Crippen LogP contribution in [-0.4, -0.2) is 94.8 Å². The standard InChI is InChI=1S/C29H47FN7O9P.2C2H6/c1-10-29(30,37-16-32-22-24(37)33-28(31-8)34-25(22)39)23(38)21(43-9)15-46-47(42,35-19(13-17(4)5)26(40)44-11-2)36-20(14-18(6)7)27(41)45-12-3;2*1-2/h1,16-21,23,38H,11-15H2,2-9H3,(H2,35,36,42)(H2,31,33,34,39);2*1-2H3. The number of aliphatic hydroxyl groups is 1. The van der Waals surface area contributed by atoms with E-state index in [0.717, 1.165) is 13.4 Å². The molecule has 0 amide bonds. The second-order valence-electron chi connectivity index (χ2n) is 11.5. The molecular formula is C33H59FN7O9P. The lowest BCUT2D eigenvalue weighted by Gasteiger charge is -2.34. The van der Waals surface area contributed by atoms with Crippen LogP contribution in [0.5, 0.6) is 0 Å². The Kier molecular flexibility index (Phi) is 21.7. The Bertz CT molecular complexity index is 1460. The van der Waals surface area contributed by atoms with E-state index in [1.165, 1.54) is 7.05 Å². The van der Waals surface area contributed by atoms with E-state index >= 15 is 4.39 Å². The van der Waals surface area contributed by atoms with Gasteiger partial charge in [0.15, 0.2) is 11.2 Å². The van der Waals surface area contributed by atoms with Crippen LogP contribution in [0.15, 0.2) is 11.1 Å². The molecule has 51 heavy (non-hydrogen) atoms. The number of carbonyl (C=O) groups excluding carboxylic acids is 2. The van der Waals surface area contributed by atoms with Gasteiger partial charge in [0, 0.05) is 14.2 Å². The molecule has 5 atom stereocenters. The number of rotatable bonds is 20. The maximum absolute atomic E-state index is 16.6. The van der Waals surface area contributed by atoms with E-state index in [1.807, 2.05) is 61.3 Å². The van der Waals surface area contributed by atoms with Crippen molar-refractivity contribution in [3.8, 4) is 12.3 Å². The number of anilines is 1. The van der Waals surface area contributed by atoms with Gasteiger partial charge in [0.05, 0.1) is 19.8 Å². The molecule has 0 saturated heterocycles. The highest BCUT2D eigenvalue weighted by Gasteiger charge is 2.46. The lowest BCUT2D eigenvalue weighted by molar-refractivity contribution is -0.146. The van der Waals surface area contributed by atoms with Gasteiger partial charge in [-0.25, -0.2) is 19.5 Å². The third-order valence-electron chi connectivity index (χ3n) is 6.87. The average Bonchev–Trinajstić information content (AvgIpc) is 3.54. The zero-order chi connectivity index (χ0) is 39.5. The van der Waals surface area contributed by atoms with Crippen molar-refractivity contribution in [3.63, 3.8) is 0 Å². The fraction of sp³-hybridized carbons (Fsp3) is 0.727. The Hall–Kier alpha value is -3.39. The molecule has 0 spiro atoms. The van der Waals surface area contributed by atoms with Crippen LogP contribution in [0.25, 0.3) is 11.2 Å². The van der Waals surface area contributed by atoms with Gasteiger partial charge in [-0.2, -0.15) is 4.98 Å². The highest BCUT2D eigenvalue weighted by atomic mass is 31.2. The third-order valence-corrected chi connectivity index (χ3v) is 8.69. The zero-order valence-corrected chi connectivity index (χ0v) is 32.9. The van der Waals surface area contributed by atoms with Gasteiger partial charge in [0.2, 0.25) is 5.95 Å². The molecule has 2 heterocycles. The third kappa shape index (κ3) is 13.6. The number of aliphatic hydroxyl groups excluding tert-OH is 1.